The van der Waals surface area contributed by atoms with E-state index in [2.05, 4.69) is 10.2 Å². The van der Waals surface area contributed by atoms with Crippen LogP contribution in [0.3, 0.4) is 0 Å². The molecule has 0 N–H and O–H groups in total. The number of ether oxygens (including phenoxy) is 4. The fourth-order valence-electron chi connectivity index (χ4n) is 5.77. The van der Waals surface area contributed by atoms with Crippen LogP contribution in [-0.2, 0) is 45.0 Å². The van der Waals surface area contributed by atoms with Gasteiger partial charge in [-0.25, -0.2) is 9.36 Å². The second-order valence-electron chi connectivity index (χ2n) is 12.4. The number of nitrogens with zero attached hydrogens (tertiary/aromatic N) is 4. The first-order valence-corrected chi connectivity index (χ1v) is 18.1. The molecule has 0 fully saturated rings. The molecular weight excluding hydrogens is 745 g/mol. The predicted octanol–water partition coefficient (Wildman–Crippen LogP) is 1.97. The Hall–Kier alpha value is -5.61. The standard InChI is InChI=1S/2C21H22N2O5.Mg/c2*1-2-27-19(21(25)26)13-15-7-9-17(10-8-15)28-12-11-23-20(24)18-6-4-3-5-16(18)14-22-23;/h2*3-10,14,19H,2,11-13H2,1H3,(H,25,26);/q;;+2/p-2. The predicted molar refractivity (Wildman–Crippen MR) is 210 cm³/mol. The van der Waals surface area contributed by atoms with Crippen molar-refractivity contribution in [2.45, 2.75) is 52.0 Å². The zero-order valence-electron chi connectivity index (χ0n) is 31.8. The first-order valence-electron chi connectivity index (χ1n) is 18.1. The molecule has 0 aliphatic rings. The fraction of sp³-hybridized carbons (Fsp3) is 0.286. The molecule has 2 atom stereocenters. The van der Waals surface area contributed by atoms with E-state index in [4.69, 9.17) is 18.9 Å². The van der Waals surface area contributed by atoms with E-state index < -0.39 is 24.1 Å². The van der Waals surface area contributed by atoms with Gasteiger partial charge >= 0.3 is 23.1 Å². The van der Waals surface area contributed by atoms with Gasteiger partial charge in [-0.1, -0.05) is 60.7 Å². The number of aliphatic carboxylic acids is 2. The molecule has 57 heavy (non-hydrogen) atoms. The van der Waals surface area contributed by atoms with E-state index in [0.29, 0.717) is 48.6 Å². The van der Waals surface area contributed by atoms with E-state index in [-0.39, 0.29) is 60.2 Å². The summed E-state index contributed by atoms with van der Waals surface area (Å²) in [7, 11) is 0. The summed E-state index contributed by atoms with van der Waals surface area (Å²) >= 11 is 0. The molecule has 2 heterocycles. The maximum Gasteiger partial charge on any atom is 2.00 e. The quantitative estimate of drug-likeness (QED) is 0.116. The molecule has 2 unspecified atom stereocenters. The Kier molecular flexibility index (Phi) is 17.2. The van der Waals surface area contributed by atoms with Gasteiger partial charge in [0, 0.05) is 36.8 Å². The summed E-state index contributed by atoms with van der Waals surface area (Å²) in [4.78, 5) is 46.9. The molecule has 2 aromatic heterocycles. The van der Waals surface area contributed by atoms with Crippen molar-refractivity contribution < 1.29 is 38.7 Å². The minimum absolute atomic E-state index is 0. The topological polar surface area (TPSA) is 187 Å². The average Bonchev–Trinajstić information content (AvgIpc) is 3.21. The largest absolute Gasteiger partial charge is 2.00 e. The summed E-state index contributed by atoms with van der Waals surface area (Å²) in [6, 6.07) is 28.8. The van der Waals surface area contributed by atoms with Gasteiger partial charge in [-0.3, -0.25) is 9.59 Å². The molecule has 0 saturated heterocycles. The molecule has 0 aliphatic heterocycles. The minimum atomic E-state index is -1.23. The van der Waals surface area contributed by atoms with Crippen molar-refractivity contribution in [1.29, 1.82) is 0 Å². The third-order valence-corrected chi connectivity index (χ3v) is 8.62. The third-order valence-electron chi connectivity index (χ3n) is 8.62. The van der Waals surface area contributed by atoms with Gasteiger partial charge in [-0.05, 0) is 61.4 Å². The van der Waals surface area contributed by atoms with Crippen LogP contribution in [0.4, 0.5) is 0 Å². The van der Waals surface area contributed by atoms with Crippen LogP contribution in [0, 0.1) is 0 Å². The SMILES string of the molecule is CCOC(Cc1ccc(OCCn2ncc3ccccc3c2=O)cc1)C(=O)[O-].CCOC(Cc1ccc(OCCn2ncc3ccccc3c2=O)cc1)C(=O)[O-].[Mg+2]. The number of carboxylic acid groups (broad SMARTS) is 2. The van der Waals surface area contributed by atoms with Gasteiger partial charge in [0.15, 0.2) is 0 Å². The number of carbonyl (C=O) groups excluding carboxylic acids is 2. The van der Waals surface area contributed by atoms with Crippen LogP contribution in [-0.4, -0.2) is 93.2 Å². The van der Waals surface area contributed by atoms with E-state index in [1.807, 2.05) is 36.4 Å². The van der Waals surface area contributed by atoms with Gasteiger partial charge in [0.1, 0.15) is 36.9 Å². The second kappa shape index (κ2) is 22.2. The number of hydrogen-bond donors (Lipinski definition) is 0. The zero-order valence-corrected chi connectivity index (χ0v) is 33.2. The Labute approximate surface area is 344 Å². The van der Waals surface area contributed by atoms with Crippen LogP contribution in [0.2, 0.25) is 0 Å². The van der Waals surface area contributed by atoms with E-state index in [9.17, 15) is 29.4 Å². The first-order chi connectivity index (χ1) is 27.2. The van der Waals surface area contributed by atoms with E-state index in [1.54, 1.807) is 86.9 Å². The number of fused-ring (bicyclic) bond motifs is 2. The van der Waals surface area contributed by atoms with E-state index in [0.717, 1.165) is 21.9 Å². The molecule has 6 aromatic rings. The summed E-state index contributed by atoms with van der Waals surface area (Å²) < 4.78 is 24.4. The number of carbonyl (C=O) groups is 2. The Morgan fingerprint density at radius 2 is 0.965 bits per heavy atom. The minimum Gasteiger partial charge on any atom is -0.547 e. The molecule has 14 nitrogen and oxygen atoms in total. The Balaban J connectivity index is 0.000000248. The summed E-state index contributed by atoms with van der Waals surface area (Å²) in [5.74, 6) is -1.20. The van der Waals surface area contributed by atoms with Crippen LogP contribution in [0.25, 0.3) is 21.5 Å². The van der Waals surface area contributed by atoms with Gasteiger partial charge in [-0.15, -0.1) is 0 Å². The summed E-state index contributed by atoms with van der Waals surface area (Å²) in [6.07, 6.45) is 1.85. The Morgan fingerprint density at radius 1 is 0.596 bits per heavy atom. The molecule has 0 saturated carbocycles. The van der Waals surface area contributed by atoms with Gasteiger partial charge in [0.05, 0.1) is 48.2 Å². The maximum absolute atomic E-state index is 12.4. The van der Waals surface area contributed by atoms with Crippen molar-refractivity contribution in [1.82, 2.24) is 19.6 Å². The first kappa shape index (κ1) is 44.1. The molecule has 0 aliphatic carbocycles. The summed E-state index contributed by atoms with van der Waals surface area (Å²) in [5.41, 5.74) is 1.31. The van der Waals surface area contributed by atoms with Crippen LogP contribution in [0.5, 0.6) is 11.5 Å². The Morgan fingerprint density at radius 3 is 1.32 bits per heavy atom. The molecule has 0 bridgehead atoms. The molecule has 6 rings (SSSR count). The van der Waals surface area contributed by atoms with Gasteiger partial charge < -0.3 is 38.7 Å². The fourth-order valence-corrected chi connectivity index (χ4v) is 5.77. The molecule has 15 heteroatoms. The van der Waals surface area contributed by atoms with E-state index >= 15 is 0 Å². The van der Waals surface area contributed by atoms with Crippen LogP contribution in [0.1, 0.15) is 25.0 Å². The number of hydrogen-bond acceptors (Lipinski definition) is 12. The van der Waals surface area contributed by atoms with E-state index in [1.165, 1.54) is 9.36 Å². The van der Waals surface area contributed by atoms with Crippen molar-refractivity contribution in [3.05, 3.63) is 141 Å². The average molecular weight is 787 g/mol. The van der Waals surface area contributed by atoms with Crippen molar-refractivity contribution in [2.75, 3.05) is 26.4 Å². The number of carboxylic acids is 2. The molecule has 0 spiro atoms. The van der Waals surface area contributed by atoms with Crippen molar-refractivity contribution >= 4 is 56.5 Å². The molecule has 4 aromatic carbocycles. The molecular formula is C42H42MgN4O10. The molecule has 0 amide bonds. The molecule has 292 valence electrons. The smallest absolute Gasteiger partial charge is 0.547 e. The molecule has 0 radical (unpaired) electrons. The number of aromatic nitrogens is 4. The Bertz CT molecular complexity index is 2170. The van der Waals surface area contributed by atoms with Crippen LogP contribution < -0.4 is 30.8 Å². The van der Waals surface area contributed by atoms with Gasteiger partial charge in [-0.2, -0.15) is 10.2 Å². The third kappa shape index (κ3) is 12.7. The van der Waals surface area contributed by atoms with Crippen molar-refractivity contribution in [3.63, 3.8) is 0 Å². The number of benzene rings is 4. The zero-order chi connectivity index (χ0) is 39.9. The van der Waals surface area contributed by atoms with Gasteiger partial charge in [0.25, 0.3) is 11.1 Å². The van der Waals surface area contributed by atoms with Crippen LogP contribution in [0.15, 0.2) is 119 Å². The van der Waals surface area contributed by atoms with Gasteiger partial charge in [0.2, 0.25) is 0 Å². The monoisotopic (exact) mass is 786 g/mol. The van der Waals surface area contributed by atoms with Crippen LogP contribution >= 0.6 is 0 Å². The number of rotatable bonds is 18. The summed E-state index contributed by atoms with van der Waals surface area (Å²) in [6.45, 7) is 5.30. The van der Waals surface area contributed by atoms with Crippen molar-refractivity contribution in [2.24, 2.45) is 0 Å². The summed E-state index contributed by atoms with van der Waals surface area (Å²) in [5, 5.41) is 33.3. The second-order valence-corrected chi connectivity index (χ2v) is 12.4. The maximum atomic E-state index is 12.4. The normalized spacial score (nSPS) is 11.8. The van der Waals surface area contributed by atoms with Crippen molar-refractivity contribution in [3.8, 4) is 11.5 Å².